The number of aromatic amines is 1. The number of aromatic nitrogens is 3. The number of morpholine rings is 1. The number of H-pyrrole nitrogens is 1. The summed E-state index contributed by atoms with van der Waals surface area (Å²) in [6.45, 7) is 3.12. The summed E-state index contributed by atoms with van der Waals surface area (Å²) in [6, 6.07) is 3.99. The lowest BCUT2D eigenvalue weighted by molar-refractivity contribution is -0.153. The SMILES string of the molecule is O=C1COC2CN(Cc3ncc[nH]3)CC2N1Cc1cccnc1. The van der Waals surface area contributed by atoms with Gasteiger partial charge in [-0.15, -0.1) is 0 Å². The summed E-state index contributed by atoms with van der Waals surface area (Å²) in [4.78, 5) is 28.1. The number of hydrogen-bond acceptors (Lipinski definition) is 5. The molecule has 0 aromatic carbocycles. The van der Waals surface area contributed by atoms with E-state index in [1.807, 2.05) is 29.4 Å². The van der Waals surface area contributed by atoms with Crippen LogP contribution >= 0.6 is 0 Å². The molecule has 2 aromatic heterocycles. The average molecular weight is 313 g/mol. The van der Waals surface area contributed by atoms with E-state index < -0.39 is 0 Å². The van der Waals surface area contributed by atoms with Gasteiger partial charge in [0.15, 0.2) is 0 Å². The maximum Gasteiger partial charge on any atom is 0.249 e. The third-order valence-corrected chi connectivity index (χ3v) is 4.46. The van der Waals surface area contributed by atoms with Crippen molar-refractivity contribution in [3.63, 3.8) is 0 Å². The molecule has 4 heterocycles. The summed E-state index contributed by atoms with van der Waals surface area (Å²) in [5.74, 6) is 0.990. The van der Waals surface area contributed by atoms with E-state index in [4.69, 9.17) is 4.74 Å². The molecule has 1 N–H and O–H groups in total. The predicted molar refractivity (Wildman–Crippen MR) is 82.2 cm³/mol. The first-order valence-electron chi connectivity index (χ1n) is 7.80. The third-order valence-electron chi connectivity index (χ3n) is 4.46. The molecule has 2 aromatic rings. The smallest absolute Gasteiger partial charge is 0.249 e. The summed E-state index contributed by atoms with van der Waals surface area (Å²) >= 11 is 0. The molecule has 2 fully saturated rings. The number of carbonyl (C=O) groups is 1. The molecule has 4 rings (SSSR count). The van der Waals surface area contributed by atoms with Gasteiger partial charge in [0, 0.05) is 44.4 Å². The maximum atomic E-state index is 12.3. The van der Waals surface area contributed by atoms with Crippen LogP contribution < -0.4 is 0 Å². The number of ether oxygens (including phenoxy) is 1. The molecule has 1 amide bonds. The summed E-state index contributed by atoms with van der Waals surface area (Å²) < 4.78 is 5.75. The first kappa shape index (κ1) is 14.3. The Labute approximate surface area is 134 Å². The van der Waals surface area contributed by atoms with E-state index in [0.717, 1.165) is 31.0 Å². The molecular formula is C16H19N5O2. The molecule has 0 spiro atoms. The first-order chi connectivity index (χ1) is 11.3. The molecule has 2 unspecified atom stereocenters. The van der Waals surface area contributed by atoms with Crippen LogP contribution in [0.1, 0.15) is 11.4 Å². The number of amides is 1. The lowest BCUT2D eigenvalue weighted by Crippen LogP contribution is -2.53. The fourth-order valence-corrected chi connectivity index (χ4v) is 3.36. The molecule has 7 nitrogen and oxygen atoms in total. The van der Waals surface area contributed by atoms with Gasteiger partial charge in [0.1, 0.15) is 12.4 Å². The molecule has 0 radical (unpaired) electrons. The highest BCUT2D eigenvalue weighted by Gasteiger charge is 2.43. The second kappa shape index (κ2) is 6.10. The van der Waals surface area contributed by atoms with Crippen LogP contribution in [-0.2, 0) is 22.6 Å². The quantitative estimate of drug-likeness (QED) is 0.885. The van der Waals surface area contributed by atoms with Crippen molar-refractivity contribution in [3.8, 4) is 0 Å². The molecular weight excluding hydrogens is 294 g/mol. The molecule has 2 saturated heterocycles. The number of imidazole rings is 1. The normalized spacial score (nSPS) is 24.9. The van der Waals surface area contributed by atoms with Gasteiger partial charge in [-0.1, -0.05) is 6.07 Å². The number of nitrogens with zero attached hydrogens (tertiary/aromatic N) is 4. The first-order valence-corrected chi connectivity index (χ1v) is 7.80. The van der Waals surface area contributed by atoms with Crippen LogP contribution in [0.5, 0.6) is 0 Å². The minimum absolute atomic E-state index is 0.0509. The molecule has 0 saturated carbocycles. The highest BCUT2D eigenvalue weighted by atomic mass is 16.5. The Morgan fingerprint density at radius 2 is 2.26 bits per heavy atom. The maximum absolute atomic E-state index is 12.3. The van der Waals surface area contributed by atoms with E-state index in [9.17, 15) is 4.79 Å². The van der Waals surface area contributed by atoms with Crippen LogP contribution in [0, 0.1) is 0 Å². The molecule has 120 valence electrons. The second-order valence-corrected chi connectivity index (χ2v) is 6.03. The zero-order valence-corrected chi connectivity index (χ0v) is 12.8. The number of carbonyl (C=O) groups excluding carboxylic acids is 1. The largest absolute Gasteiger partial charge is 0.365 e. The predicted octanol–water partition coefficient (Wildman–Crippen LogP) is 0.417. The molecule has 2 aliphatic heterocycles. The topological polar surface area (TPSA) is 74.3 Å². The number of fused-ring (bicyclic) bond motifs is 1. The Hall–Kier alpha value is -2.25. The van der Waals surface area contributed by atoms with E-state index in [1.165, 1.54) is 0 Å². The molecule has 0 bridgehead atoms. The number of nitrogens with one attached hydrogen (secondary N) is 1. The van der Waals surface area contributed by atoms with Crippen molar-refractivity contribution in [1.29, 1.82) is 0 Å². The van der Waals surface area contributed by atoms with Crippen molar-refractivity contribution in [1.82, 2.24) is 24.8 Å². The van der Waals surface area contributed by atoms with Crippen molar-refractivity contribution < 1.29 is 9.53 Å². The number of rotatable bonds is 4. The van der Waals surface area contributed by atoms with Gasteiger partial charge in [0.05, 0.1) is 18.7 Å². The molecule has 7 heteroatoms. The summed E-state index contributed by atoms with van der Waals surface area (Å²) in [6.07, 6.45) is 7.21. The van der Waals surface area contributed by atoms with E-state index in [1.54, 1.807) is 12.4 Å². The van der Waals surface area contributed by atoms with Crippen LogP contribution in [-0.4, -0.2) is 62.5 Å². The monoisotopic (exact) mass is 313 g/mol. The highest BCUT2D eigenvalue weighted by molar-refractivity contribution is 5.78. The minimum Gasteiger partial charge on any atom is -0.365 e. The van der Waals surface area contributed by atoms with Gasteiger partial charge in [-0.2, -0.15) is 0 Å². The van der Waals surface area contributed by atoms with Crippen LogP contribution in [0.3, 0.4) is 0 Å². The highest BCUT2D eigenvalue weighted by Crippen LogP contribution is 2.25. The van der Waals surface area contributed by atoms with Crippen molar-refractivity contribution in [3.05, 3.63) is 48.3 Å². The Balaban J connectivity index is 1.47. The summed E-state index contributed by atoms with van der Waals surface area (Å²) in [5, 5.41) is 0. The summed E-state index contributed by atoms with van der Waals surface area (Å²) in [5.41, 5.74) is 1.05. The second-order valence-electron chi connectivity index (χ2n) is 6.03. The van der Waals surface area contributed by atoms with Gasteiger partial charge in [0.2, 0.25) is 5.91 Å². The van der Waals surface area contributed by atoms with E-state index >= 15 is 0 Å². The Bertz CT molecular complexity index is 660. The van der Waals surface area contributed by atoms with E-state index in [-0.39, 0.29) is 24.7 Å². The van der Waals surface area contributed by atoms with E-state index in [2.05, 4.69) is 19.9 Å². The van der Waals surface area contributed by atoms with Crippen molar-refractivity contribution in [2.75, 3.05) is 19.7 Å². The van der Waals surface area contributed by atoms with Gasteiger partial charge < -0.3 is 14.6 Å². The minimum atomic E-state index is 0.0509. The van der Waals surface area contributed by atoms with Crippen LogP contribution in [0.25, 0.3) is 0 Å². The van der Waals surface area contributed by atoms with Crippen LogP contribution in [0.4, 0.5) is 0 Å². The zero-order valence-electron chi connectivity index (χ0n) is 12.8. The van der Waals surface area contributed by atoms with Gasteiger partial charge in [-0.25, -0.2) is 4.98 Å². The Kier molecular flexibility index (Phi) is 3.80. The van der Waals surface area contributed by atoms with Gasteiger partial charge in [-0.3, -0.25) is 14.7 Å². The average Bonchev–Trinajstić information content (AvgIpc) is 3.21. The van der Waals surface area contributed by atoms with Gasteiger partial charge >= 0.3 is 0 Å². The standard InChI is InChI=1S/C16H19N5O2/c22-16-11-23-14-9-20(10-15-18-4-5-19-15)8-13(14)21(16)7-12-2-1-3-17-6-12/h1-6,13-14H,7-11H2,(H,18,19). The van der Waals surface area contributed by atoms with Crippen LogP contribution in [0.2, 0.25) is 0 Å². The molecule has 2 atom stereocenters. The fraction of sp³-hybridized carbons (Fsp3) is 0.438. The lowest BCUT2D eigenvalue weighted by Gasteiger charge is -2.36. The fourth-order valence-electron chi connectivity index (χ4n) is 3.36. The number of pyridine rings is 1. The molecule has 0 aliphatic carbocycles. The van der Waals surface area contributed by atoms with Gasteiger partial charge in [0.25, 0.3) is 0 Å². The van der Waals surface area contributed by atoms with Crippen LogP contribution in [0.15, 0.2) is 36.9 Å². The van der Waals surface area contributed by atoms with Crippen molar-refractivity contribution in [2.45, 2.75) is 25.2 Å². The van der Waals surface area contributed by atoms with Crippen molar-refractivity contribution >= 4 is 5.91 Å². The molecule has 23 heavy (non-hydrogen) atoms. The number of hydrogen-bond donors (Lipinski definition) is 1. The summed E-state index contributed by atoms with van der Waals surface area (Å²) in [7, 11) is 0. The number of likely N-dealkylation sites (tertiary alicyclic amines) is 1. The Morgan fingerprint density at radius 1 is 1.30 bits per heavy atom. The van der Waals surface area contributed by atoms with Gasteiger partial charge in [-0.05, 0) is 11.6 Å². The third kappa shape index (κ3) is 2.97. The van der Waals surface area contributed by atoms with E-state index in [0.29, 0.717) is 6.54 Å². The molecule has 2 aliphatic rings. The lowest BCUT2D eigenvalue weighted by atomic mass is 10.1. The Morgan fingerprint density at radius 3 is 3.04 bits per heavy atom. The zero-order chi connectivity index (χ0) is 15.6. The van der Waals surface area contributed by atoms with Crippen molar-refractivity contribution in [2.24, 2.45) is 0 Å².